The van der Waals surface area contributed by atoms with Crippen LogP contribution in [0.4, 0.5) is 5.69 Å². The fraction of sp³-hybridized carbons (Fsp3) is 0.0833. The van der Waals surface area contributed by atoms with E-state index in [9.17, 15) is 0 Å². The van der Waals surface area contributed by atoms with Crippen molar-refractivity contribution in [2.24, 2.45) is 5.84 Å². The number of hydrogen-bond donors (Lipinski definition) is 2. The third kappa shape index (κ3) is 2.74. The summed E-state index contributed by atoms with van der Waals surface area (Å²) in [6, 6.07) is 12.0. The topological polar surface area (TPSA) is 50.9 Å². The fourth-order valence-corrected chi connectivity index (χ4v) is 2.01. The van der Waals surface area contributed by atoms with E-state index < -0.39 is 0 Å². The Labute approximate surface area is 99.1 Å². The van der Waals surface area contributed by atoms with Crippen LogP contribution in [0.2, 0.25) is 0 Å². The number of hydrogen-bond acceptors (Lipinski definition) is 4. The van der Waals surface area contributed by atoms with Crippen LogP contribution in [-0.4, -0.2) is 4.98 Å². The molecule has 3 N–H and O–H groups in total. The van der Waals surface area contributed by atoms with Gasteiger partial charge in [-0.2, -0.15) is 0 Å². The SMILES string of the molecule is Cc1ccc(Sc2ccc(NN)cc2)nc1. The maximum Gasteiger partial charge on any atom is 0.101 e. The lowest BCUT2D eigenvalue weighted by atomic mass is 10.3. The molecule has 0 fully saturated rings. The van der Waals surface area contributed by atoms with Crippen molar-refractivity contribution < 1.29 is 0 Å². The van der Waals surface area contributed by atoms with Gasteiger partial charge in [0.2, 0.25) is 0 Å². The van der Waals surface area contributed by atoms with Gasteiger partial charge in [-0.05, 0) is 42.8 Å². The van der Waals surface area contributed by atoms with E-state index >= 15 is 0 Å². The fourth-order valence-electron chi connectivity index (χ4n) is 1.25. The minimum absolute atomic E-state index is 0.904. The summed E-state index contributed by atoms with van der Waals surface area (Å²) in [6.45, 7) is 2.03. The first-order chi connectivity index (χ1) is 7.78. The maximum atomic E-state index is 5.30. The molecule has 0 unspecified atom stereocenters. The molecule has 1 heterocycles. The van der Waals surface area contributed by atoms with E-state index in [2.05, 4.69) is 16.5 Å². The molecule has 0 aliphatic heterocycles. The van der Waals surface area contributed by atoms with E-state index in [1.807, 2.05) is 43.5 Å². The van der Waals surface area contributed by atoms with Crippen LogP contribution in [0, 0.1) is 6.92 Å². The Hall–Kier alpha value is -1.52. The van der Waals surface area contributed by atoms with Crippen LogP contribution < -0.4 is 11.3 Å². The highest BCUT2D eigenvalue weighted by Crippen LogP contribution is 2.26. The molecule has 4 heteroatoms. The molecule has 0 aliphatic rings. The number of hydrazine groups is 1. The summed E-state index contributed by atoms with van der Waals surface area (Å²) in [7, 11) is 0. The molecule has 0 spiro atoms. The van der Waals surface area contributed by atoms with Crippen molar-refractivity contribution >= 4 is 17.4 Å². The Morgan fingerprint density at radius 3 is 2.44 bits per heavy atom. The normalized spacial score (nSPS) is 10.1. The first-order valence-corrected chi connectivity index (χ1v) is 5.77. The highest BCUT2D eigenvalue weighted by atomic mass is 32.2. The first-order valence-electron chi connectivity index (χ1n) is 4.95. The van der Waals surface area contributed by atoms with Crippen molar-refractivity contribution in [2.75, 3.05) is 5.43 Å². The average Bonchev–Trinajstić information content (AvgIpc) is 2.33. The number of aromatic nitrogens is 1. The summed E-state index contributed by atoms with van der Waals surface area (Å²) >= 11 is 1.64. The Balaban J connectivity index is 2.11. The maximum absolute atomic E-state index is 5.30. The molecule has 2 rings (SSSR count). The molecule has 1 aromatic carbocycles. The smallest absolute Gasteiger partial charge is 0.101 e. The van der Waals surface area contributed by atoms with Crippen molar-refractivity contribution in [1.82, 2.24) is 4.98 Å². The van der Waals surface area contributed by atoms with Crippen LogP contribution in [-0.2, 0) is 0 Å². The molecule has 3 nitrogen and oxygen atoms in total. The molecule has 82 valence electrons. The van der Waals surface area contributed by atoms with Gasteiger partial charge >= 0.3 is 0 Å². The highest BCUT2D eigenvalue weighted by molar-refractivity contribution is 7.99. The van der Waals surface area contributed by atoms with E-state index in [0.717, 1.165) is 15.6 Å². The van der Waals surface area contributed by atoms with Crippen molar-refractivity contribution in [2.45, 2.75) is 16.8 Å². The molecule has 0 radical (unpaired) electrons. The van der Waals surface area contributed by atoms with Crippen molar-refractivity contribution in [1.29, 1.82) is 0 Å². The summed E-state index contributed by atoms with van der Waals surface area (Å²) in [5.74, 6) is 5.30. The van der Waals surface area contributed by atoms with E-state index in [1.54, 1.807) is 11.8 Å². The lowest BCUT2D eigenvalue weighted by Gasteiger charge is -2.03. The van der Waals surface area contributed by atoms with Gasteiger partial charge < -0.3 is 5.43 Å². The predicted molar refractivity (Wildman–Crippen MR) is 67.3 cm³/mol. The number of rotatable bonds is 3. The summed E-state index contributed by atoms with van der Waals surface area (Å²) in [5.41, 5.74) is 4.68. The van der Waals surface area contributed by atoms with Crippen molar-refractivity contribution in [3.63, 3.8) is 0 Å². The largest absolute Gasteiger partial charge is 0.324 e. The zero-order valence-corrected chi connectivity index (χ0v) is 9.79. The van der Waals surface area contributed by atoms with Gasteiger partial charge in [0, 0.05) is 16.8 Å². The molecule has 0 aliphatic carbocycles. The minimum Gasteiger partial charge on any atom is -0.324 e. The van der Waals surface area contributed by atoms with Crippen LogP contribution in [0.1, 0.15) is 5.56 Å². The highest BCUT2D eigenvalue weighted by Gasteiger charge is 1.98. The lowest BCUT2D eigenvalue weighted by Crippen LogP contribution is -2.05. The zero-order chi connectivity index (χ0) is 11.4. The van der Waals surface area contributed by atoms with E-state index in [4.69, 9.17) is 5.84 Å². The third-order valence-corrected chi connectivity index (χ3v) is 3.09. The van der Waals surface area contributed by atoms with Gasteiger partial charge in [-0.25, -0.2) is 4.98 Å². The zero-order valence-electron chi connectivity index (χ0n) is 8.97. The minimum atomic E-state index is 0.904. The summed E-state index contributed by atoms with van der Waals surface area (Å²) in [5, 5.41) is 0.999. The molecule has 0 amide bonds. The Kier molecular flexibility index (Phi) is 3.44. The monoisotopic (exact) mass is 231 g/mol. The molecule has 1 aromatic heterocycles. The summed E-state index contributed by atoms with van der Waals surface area (Å²) in [6.07, 6.45) is 1.87. The average molecular weight is 231 g/mol. The number of anilines is 1. The first kappa shape index (κ1) is 11.0. The Morgan fingerprint density at radius 1 is 1.12 bits per heavy atom. The van der Waals surface area contributed by atoms with Gasteiger partial charge in [0.1, 0.15) is 5.03 Å². The molecule has 2 aromatic rings. The third-order valence-electron chi connectivity index (χ3n) is 2.13. The molecule has 0 atom stereocenters. The number of nitrogen functional groups attached to an aromatic ring is 1. The van der Waals surface area contributed by atoms with E-state index in [0.29, 0.717) is 0 Å². The molecule has 0 bridgehead atoms. The number of nitrogens with zero attached hydrogens (tertiary/aromatic N) is 1. The number of nitrogens with one attached hydrogen (secondary N) is 1. The predicted octanol–water partition coefficient (Wildman–Crippen LogP) is 2.83. The summed E-state index contributed by atoms with van der Waals surface area (Å²) < 4.78 is 0. The Bertz CT molecular complexity index is 451. The second-order valence-electron chi connectivity index (χ2n) is 3.44. The Morgan fingerprint density at radius 2 is 1.88 bits per heavy atom. The number of aryl methyl sites for hydroxylation is 1. The van der Waals surface area contributed by atoms with Gasteiger partial charge in [0.25, 0.3) is 0 Å². The number of pyridine rings is 1. The van der Waals surface area contributed by atoms with Crippen LogP contribution >= 0.6 is 11.8 Å². The quantitative estimate of drug-likeness (QED) is 0.630. The number of benzene rings is 1. The van der Waals surface area contributed by atoms with Gasteiger partial charge in [-0.1, -0.05) is 17.8 Å². The summed E-state index contributed by atoms with van der Waals surface area (Å²) in [4.78, 5) is 5.49. The van der Waals surface area contributed by atoms with E-state index in [1.165, 1.54) is 5.56 Å². The van der Waals surface area contributed by atoms with Crippen LogP contribution in [0.25, 0.3) is 0 Å². The van der Waals surface area contributed by atoms with Gasteiger partial charge in [-0.3, -0.25) is 5.84 Å². The molecular formula is C12H13N3S. The van der Waals surface area contributed by atoms with E-state index in [-0.39, 0.29) is 0 Å². The van der Waals surface area contributed by atoms with Crippen LogP contribution in [0.3, 0.4) is 0 Å². The standard InChI is InChI=1S/C12H13N3S/c1-9-2-7-12(14-8-9)16-11-5-3-10(15-13)4-6-11/h2-8,15H,13H2,1H3. The van der Waals surface area contributed by atoms with Gasteiger partial charge in [0.05, 0.1) is 0 Å². The van der Waals surface area contributed by atoms with Gasteiger partial charge in [-0.15, -0.1) is 0 Å². The molecule has 0 saturated heterocycles. The lowest BCUT2D eigenvalue weighted by molar-refractivity contribution is 1.11. The van der Waals surface area contributed by atoms with Crippen molar-refractivity contribution in [3.05, 3.63) is 48.2 Å². The van der Waals surface area contributed by atoms with Gasteiger partial charge in [0.15, 0.2) is 0 Å². The van der Waals surface area contributed by atoms with Crippen molar-refractivity contribution in [3.8, 4) is 0 Å². The molecular weight excluding hydrogens is 218 g/mol. The van der Waals surface area contributed by atoms with Crippen LogP contribution in [0.15, 0.2) is 52.5 Å². The number of nitrogens with two attached hydrogens (primary N) is 1. The second-order valence-corrected chi connectivity index (χ2v) is 4.54. The molecule has 16 heavy (non-hydrogen) atoms. The molecule has 0 saturated carbocycles. The second kappa shape index (κ2) is 5.01. The van der Waals surface area contributed by atoms with Crippen LogP contribution in [0.5, 0.6) is 0 Å².